The lowest BCUT2D eigenvalue weighted by Crippen LogP contribution is -2.46. The molecule has 0 spiro atoms. The van der Waals surface area contributed by atoms with E-state index in [9.17, 15) is 9.59 Å². The number of imidazole rings is 1. The molecule has 0 amide bonds. The molecule has 5 rings (SSSR count). The molecule has 0 radical (unpaired) electrons. The summed E-state index contributed by atoms with van der Waals surface area (Å²) in [4.78, 5) is 36.9. The fraction of sp³-hybridized carbons (Fsp3) is 0.296. The second-order valence-electron chi connectivity index (χ2n) is 9.08. The van der Waals surface area contributed by atoms with Crippen LogP contribution < -0.4 is 16.1 Å². The van der Waals surface area contributed by atoms with E-state index in [-0.39, 0.29) is 0 Å². The molecule has 1 saturated heterocycles. The fourth-order valence-electron chi connectivity index (χ4n) is 4.67. The smallest absolute Gasteiger partial charge is 0.329 e. The molecule has 8 nitrogen and oxygen atoms in total. The second-order valence-corrected chi connectivity index (χ2v) is 9.08. The van der Waals surface area contributed by atoms with Gasteiger partial charge in [0.15, 0.2) is 11.2 Å². The van der Waals surface area contributed by atoms with Crippen LogP contribution >= 0.6 is 0 Å². The molecule has 2 aromatic heterocycles. The molecule has 1 N–H and O–H groups in total. The van der Waals surface area contributed by atoms with Crippen molar-refractivity contribution in [2.24, 2.45) is 7.05 Å². The molecule has 0 unspecified atom stereocenters. The van der Waals surface area contributed by atoms with Crippen LogP contribution in [0.4, 0.5) is 5.95 Å². The van der Waals surface area contributed by atoms with Crippen molar-refractivity contribution in [2.45, 2.75) is 20.0 Å². The first-order valence-corrected chi connectivity index (χ1v) is 11.9. The van der Waals surface area contributed by atoms with Crippen LogP contribution in [0.2, 0.25) is 0 Å². The summed E-state index contributed by atoms with van der Waals surface area (Å²) in [7, 11) is 1.64. The highest BCUT2D eigenvalue weighted by Gasteiger charge is 2.24. The first-order chi connectivity index (χ1) is 17.0. The highest BCUT2D eigenvalue weighted by atomic mass is 16.2. The van der Waals surface area contributed by atoms with Gasteiger partial charge in [-0.05, 0) is 18.1 Å². The molecule has 1 fully saturated rings. The van der Waals surface area contributed by atoms with Crippen LogP contribution in [0.15, 0.2) is 70.3 Å². The van der Waals surface area contributed by atoms with Crippen LogP contribution in [-0.2, 0) is 20.1 Å². The van der Waals surface area contributed by atoms with Crippen molar-refractivity contribution in [3.05, 3.63) is 98.2 Å². The van der Waals surface area contributed by atoms with Crippen LogP contribution in [-0.4, -0.2) is 50.2 Å². The fourth-order valence-corrected chi connectivity index (χ4v) is 4.67. The largest absolute Gasteiger partial charge is 0.340 e. The maximum Gasteiger partial charge on any atom is 0.329 e. The van der Waals surface area contributed by atoms with Gasteiger partial charge in [0.05, 0.1) is 0 Å². The van der Waals surface area contributed by atoms with Crippen LogP contribution in [0.3, 0.4) is 0 Å². The van der Waals surface area contributed by atoms with Gasteiger partial charge in [0.2, 0.25) is 5.95 Å². The zero-order chi connectivity index (χ0) is 24.4. The lowest BCUT2D eigenvalue weighted by Gasteiger charge is -2.35. The third kappa shape index (κ3) is 4.83. The number of aromatic amines is 1. The molecule has 1 aliphatic heterocycles. The van der Waals surface area contributed by atoms with Gasteiger partial charge in [-0.15, -0.1) is 0 Å². The van der Waals surface area contributed by atoms with E-state index in [0.29, 0.717) is 17.7 Å². The van der Waals surface area contributed by atoms with Crippen molar-refractivity contribution in [1.29, 1.82) is 0 Å². The van der Waals surface area contributed by atoms with Crippen molar-refractivity contribution in [3.63, 3.8) is 0 Å². The molecule has 0 saturated carbocycles. The van der Waals surface area contributed by atoms with Gasteiger partial charge in [-0.3, -0.25) is 19.2 Å². The number of nitrogens with one attached hydrogen (secondary N) is 1. The van der Waals surface area contributed by atoms with Gasteiger partial charge in [-0.1, -0.05) is 72.3 Å². The SMILES string of the molecule is Cc1cccc(CN2CCN(c3nc4c(c(=O)[nH]c(=O)n4C)n3CC=Cc3ccccc3)CC2)c1. The monoisotopic (exact) mass is 470 g/mol. The maximum absolute atomic E-state index is 12.8. The summed E-state index contributed by atoms with van der Waals surface area (Å²) in [5, 5.41) is 0. The van der Waals surface area contributed by atoms with Crippen LogP contribution in [0, 0.1) is 6.92 Å². The number of aryl methyl sites for hydroxylation is 2. The van der Waals surface area contributed by atoms with E-state index in [1.165, 1.54) is 15.7 Å². The van der Waals surface area contributed by atoms with Gasteiger partial charge in [0, 0.05) is 46.3 Å². The summed E-state index contributed by atoms with van der Waals surface area (Å²) >= 11 is 0. The van der Waals surface area contributed by atoms with E-state index >= 15 is 0 Å². The Morgan fingerprint density at radius 1 is 1.00 bits per heavy atom. The molecular weight excluding hydrogens is 440 g/mol. The van der Waals surface area contributed by atoms with E-state index in [0.717, 1.165) is 44.2 Å². The molecule has 1 aliphatic rings. The van der Waals surface area contributed by atoms with Gasteiger partial charge in [-0.2, -0.15) is 4.98 Å². The third-order valence-electron chi connectivity index (χ3n) is 6.53. The van der Waals surface area contributed by atoms with Crippen molar-refractivity contribution in [3.8, 4) is 0 Å². The van der Waals surface area contributed by atoms with Crippen molar-refractivity contribution in [2.75, 3.05) is 31.1 Å². The van der Waals surface area contributed by atoms with Crippen molar-refractivity contribution >= 4 is 23.2 Å². The zero-order valence-corrected chi connectivity index (χ0v) is 20.1. The Kier molecular flexibility index (Phi) is 6.37. The molecule has 0 aliphatic carbocycles. The topological polar surface area (TPSA) is 79.2 Å². The minimum atomic E-state index is -0.457. The molecule has 3 heterocycles. The number of piperazine rings is 1. The molecule has 2 aromatic carbocycles. The number of fused-ring (bicyclic) bond motifs is 1. The summed E-state index contributed by atoms with van der Waals surface area (Å²) in [6, 6.07) is 18.7. The second kappa shape index (κ2) is 9.76. The van der Waals surface area contributed by atoms with E-state index in [1.54, 1.807) is 7.05 Å². The van der Waals surface area contributed by atoms with Crippen LogP contribution in [0.1, 0.15) is 16.7 Å². The highest BCUT2D eigenvalue weighted by molar-refractivity contribution is 5.74. The van der Waals surface area contributed by atoms with Gasteiger partial charge in [0.25, 0.3) is 5.56 Å². The first kappa shape index (κ1) is 22.9. The number of aromatic nitrogens is 4. The molecule has 0 bridgehead atoms. The van der Waals surface area contributed by atoms with Gasteiger partial charge < -0.3 is 9.47 Å². The van der Waals surface area contributed by atoms with Crippen molar-refractivity contribution in [1.82, 2.24) is 24.0 Å². The zero-order valence-electron chi connectivity index (χ0n) is 20.1. The predicted molar refractivity (Wildman–Crippen MR) is 140 cm³/mol. The number of anilines is 1. The maximum atomic E-state index is 12.8. The Morgan fingerprint density at radius 2 is 1.77 bits per heavy atom. The normalized spacial score (nSPS) is 14.9. The molecule has 4 aromatic rings. The standard InChI is InChI=1S/C27H30N6O2/c1-20-8-6-11-22(18-20)19-31-14-16-32(17-15-31)26-28-24-23(25(34)29-27(35)30(24)2)33(26)13-7-12-21-9-4-3-5-10-21/h3-12,18H,13-17,19H2,1-2H3,(H,29,34,35). The number of hydrogen-bond donors (Lipinski definition) is 1. The molecule has 8 heteroatoms. The number of rotatable bonds is 6. The molecule has 0 atom stereocenters. The summed E-state index contributed by atoms with van der Waals surface area (Å²) in [5.74, 6) is 0.722. The third-order valence-corrected chi connectivity index (χ3v) is 6.53. The number of H-pyrrole nitrogens is 1. The summed E-state index contributed by atoms with van der Waals surface area (Å²) in [6.07, 6.45) is 4.06. The Bertz CT molecular complexity index is 1470. The van der Waals surface area contributed by atoms with Crippen molar-refractivity contribution < 1.29 is 0 Å². The molecular formula is C27H30N6O2. The average molecular weight is 471 g/mol. The summed E-state index contributed by atoms with van der Waals surface area (Å²) in [5.41, 5.74) is 3.64. The first-order valence-electron chi connectivity index (χ1n) is 11.9. The summed E-state index contributed by atoms with van der Waals surface area (Å²) < 4.78 is 3.33. The van der Waals surface area contributed by atoms with E-state index in [4.69, 9.17) is 4.98 Å². The van der Waals surface area contributed by atoms with E-state index in [1.807, 2.05) is 47.1 Å². The minimum Gasteiger partial charge on any atom is -0.340 e. The summed E-state index contributed by atoms with van der Waals surface area (Å²) in [6.45, 7) is 6.89. The Labute approximate surface area is 203 Å². The minimum absolute atomic E-state index is 0.407. The molecule has 35 heavy (non-hydrogen) atoms. The van der Waals surface area contributed by atoms with Crippen LogP contribution in [0.5, 0.6) is 0 Å². The predicted octanol–water partition coefficient (Wildman–Crippen LogP) is 2.77. The lowest BCUT2D eigenvalue weighted by atomic mass is 10.1. The van der Waals surface area contributed by atoms with Crippen LogP contribution in [0.25, 0.3) is 17.2 Å². The number of benzene rings is 2. The average Bonchev–Trinajstić information content (AvgIpc) is 3.24. The van der Waals surface area contributed by atoms with E-state index < -0.39 is 11.2 Å². The lowest BCUT2D eigenvalue weighted by molar-refractivity contribution is 0.248. The van der Waals surface area contributed by atoms with E-state index in [2.05, 4.69) is 46.0 Å². The number of nitrogens with zero attached hydrogens (tertiary/aromatic N) is 5. The number of allylic oxidation sites excluding steroid dienone is 1. The highest BCUT2D eigenvalue weighted by Crippen LogP contribution is 2.22. The van der Waals surface area contributed by atoms with Gasteiger partial charge in [-0.25, -0.2) is 4.79 Å². The van der Waals surface area contributed by atoms with Gasteiger partial charge in [0.1, 0.15) is 0 Å². The number of hydrogen-bond acceptors (Lipinski definition) is 5. The Balaban J connectivity index is 1.42. The quantitative estimate of drug-likeness (QED) is 0.469. The Morgan fingerprint density at radius 3 is 2.51 bits per heavy atom. The molecule has 180 valence electrons. The Hall–Kier alpha value is -3.91. The van der Waals surface area contributed by atoms with Gasteiger partial charge >= 0.3 is 5.69 Å².